The zero-order valence-electron chi connectivity index (χ0n) is 5.70. The Balaban J connectivity index is 0.000001000. The van der Waals surface area contributed by atoms with Crippen molar-refractivity contribution in [3.8, 4) is 5.75 Å². The largest absolute Gasteiger partial charge is 0.447 e. The van der Waals surface area contributed by atoms with Crippen LogP contribution in [0.25, 0.3) is 0 Å². The number of benzene rings is 1. The van der Waals surface area contributed by atoms with Gasteiger partial charge in [-0.25, -0.2) is 0 Å². The van der Waals surface area contributed by atoms with Crippen molar-refractivity contribution in [3.63, 3.8) is 0 Å². The van der Waals surface area contributed by atoms with E-state index in [2.05, 4.69) is 0 Å². The maximum Gasteiger partial charge on any atom is 0.225 e. The zero-order chi connectivity index (χ0) is 7.40. The summed E-state index contributed by atoms with van der Waals surface area (Å²) in [5.41, 5.74) is 1.17. The molecule has 0 aromatic heterocycles. The third-order valence-corrected chi connectivity index (χ3v) is 1.57. The molecule has 11 heavy (non-hydrogen) atoms. The van der Waals surface area contributed by atoms with Crippen molar-refractivity contribution in [1.29, 1.82) is 0 Å². The normalized spacial score (nSPS) is 9.55. The molecule has 1 aromatic rings. The monoisotopic (exact) mass is 186 g/mol. The minimum absolute atomic E-state index is 0. The second-order valence-electron chi connectivity index (χ2n) is 2.03. The van der Waals surface area contributed by atoms with Gasteiger partial charge in [0.15, 0.2) is 17.4 Å². The van der Waals surface area contributed by atoms with Crippen LogP contribution in [0.4, 0.5) is 0 Å². The summed E-state index contributed by atoms with van der Waals surface area (Å²) in [6.45, 7) is 1.99. The van der Waals surface area contributed by atoms with Gasteiger partial charge >= 0.3 is 0 Å². The van der Waals surface area contributed by atoms with Crippen LogP contribution in [0.1, 0.15) is 5.56 Å². The molecule has 1 aromatic carbocycles. The molecule has 0 aliphatic rings. The van der Waals surface area contributed by atoms with E-state index in [4.69, 9.17) is 4.52 Å². The van der Waals surface area contributed by atoms with Gasteiger partial charge < -0.3 is 4.52 Å². The third-order valence-electron chi connectivity index (χ3n) is 1.21. The molecule has 0 bridgehead atoms. The minimum atomic E-state index is -1.13. The van der Waals surface area contributed by atoms with Gasteiger partial charge in [-0.2, -0.15) is 0 Å². The van der Waals surface area contributed by atoms with E-state index in [0.29, 0.717) is 5.75 Å². The van der Waals surface area contributed by atoms with Crippen LogP contribution in [0.2, 0.25) is 0 Å². The fourth-order valence-electron chi connectivity index (χ4n) is 0.672. The van der Waals surface area contributed by atoms with Crippen LogP contribution in [0, 0.1) is 6.92 Å². The summed E-state index contributed by atoms with van der Waals surface area (Å²) in [7, 11) is -1.13. The number of hydrogen-bond donors (Lipinski definition) is 0. The number of aryl methyl sites for hydroxylation is 1. The molecule has 0 aliphatic carbocycles. The number of hydrogen-bond acceptors (Lipinski definition) is 2. The molecule has 0 heterocycles. The number of rotatable bonds is 2. The highest BCUT2D eigenvalue weighted by Gasteiger charge is 1.87. The van der Waals surface area contributed by atoms with Crippen LogP contribution >= 0.6 is 8.69 Å². The van der Waals surface area contributed by atoms with Crippen LogP contribution in [0.3, 0.4) is 0 Å². The van der Waals surface area contributed by atoms with Gasteiger partial charge in [0.05, 0.1) is 0 Å². The van der Waals surface area contributed by atoms with Crippen LogP contribution in [-0.4, -0.2) is 17.4 Å². The Morgan fingerprint density at radius 1 is 1.27 bits per heavy atom. The highest BCUT2D eigenvalue weighted by atomic mass is 31.1. The van der Waals surface area contributed by atoms with Crippen molar-refractivity contribution in [2.45, 2.75) is 6.92 Å². The van der Waals surface area contributed by atoms with E-state index in [9.17, 15) is 4.57 Å². The van der Waals surface area contributed by atoms with E-state index in [1.165, 1.54) is 5.56 Å². The molecule has 1 atom stereocenters. The molecule has 0 saturated heterocycles. The molecule has 0 aliphatic heterocycles. The third kappa shape index (κ3) is 3.63. The molecule has 60 valence electrons. The standard InChI is InChI=1S/C7H9O2P.Al.3H/c1-6-2-4-7(5-3-6)9-10-8;;;;/h2-5H,10H2,1H3;;;;. The molecular weight excluding hydrogens is 174 g/mol. The first-order chi connectivity index (χ1) is 4.83. The van der Waals surface area contributed by atoms with Crippen LogP contribution in [-0.2, 0) is 4.57 Å². The van der Waals surface area contributed by atoms with E-state index in [1.807, 2.05) is 19.1 Å². The Morgan fingerprint density at radius 2 is 1.82 bits per heavy atom. The Hall–Kier alpha value is -0.218. The molecule has 4 heteroatoms. The van der Waals surface area contributed by atoms with Gasteiger partial charge in [0.1, 0.15) is 5.75 Å². The van der Waals surface area contributed by atoms with Crippen molar-refractivity contribution in [2.75, 3.05) is 0 Å². The minimum Gasteiger partial charge on any atom is -0.447 e. The summed E-state index contributed by atoms with van der Waals surface area (Å²) in [4.78, 5) is 0. The van der Waals surface area contributed by atoms with E-state index >= 15 is 0 Å². The first kappa shape index (κ1) is 10.8. The van der Waals surface area contributed by atoms with Gasteiger partial charge in [0, 0.05) is 0 Å². The van der Waals surface area contributed by atoms with Crippen molar-refractivity contribution in [1.82, 2.24) is 0 Å². The molecular formula is C7H12AlO2P. The van der Waals surface area contributed by atoms with E-state index in [0.717, 1.165) is 0 Å². The van der Waals surface area contributed by atoms with Crippen molar-refractivity contribution < 1.29 is 9.09 Å². The lowest BCUT2D eigenvalue weighted by Gasteiger charge is -1.96. The average molecular weight is 186 g/mol. The molecule has 0 radical (unpaired) electrons. The van der Waals surface area contributed by atoms with Gasteiger partial charge in [-0.3, -0.25) is 4.57 Å². The summed E-state index contributed by atoms with van der Waals surface area (Å²) in [5, 5.41) is 0. The fraction of sp³-hybridized carbons (Fsp3) is 0.143. The second kappa shape index (κ2) is 5.44. The molecule has 0 saturated carbocycles. The lowest BCUT2D eigenvalue weighted by atomic mass is 10.2. The molecule has 0 spiro atoms. The summed E-state index contributed by atoms with van der Waals surface area (Å²) < 4.78 is 14.8. The van der Waals surface area contributed by atoms with Gasteiger partial charge in [0.25, 0.3) is 0 Å². The average Bonchev–Trinajstić information content (AvgIpc) is 1.95. The Labute approximate surface area is 78.0 Å². The fourth-order valence-corrected chi connectivity index (χ4v) is 0.941. The SMILES string of the molecule is Cc1ccc(O[PH2]=O)cc1.[AlH3]. The molecule has 0 fully saturated rings. The topological polar surface area (TPSA) is 26.3 Å². The van der Waals surface area contributed by atoms with Crippen LogP contribution < -0.4 is 4.52 Å². The molecule has 0 N–H and O–H groups in total. The Morgan fingerprint density at radius 3 is 2.27 bits per heavy atom. The lowest BCUT2D eigenvalue weighted by Crippen LogP contribution is -1.74. The van der Waals surface area contributed by atoms with Gasteiger partial charge in [-0.15, -0.1) is 0 Å². The Bertz CT molecular complexity index is 222. The predicted molar refractivity (Wildman–Crippen MR) is 52.1 cm³/mol. The maximum absolute atomic E-state index is 10.0. The van der Waals surface area contributed by atoms with Crippen molar-refractivity contribution >= 4 is 26.0 Å². The van der Waals surface area contributed by atoms with Crippen molar-refractivity contribution in [2.24, 2.45) is 0 Å². The van der Waals surface area contributed by atoms with Gasteiger partial charge in [0.2, 0.25) is 8.69 Å². The first-order valence-electron chi connectivity index (χ1n) is 3.00. The lowest BCUT2D eigenvalue weighted by molar-refractivity contribution is 0.525. The molecule has 1 rings (SSSR count). The molecule has 2 nitrogen and oxygen atoms in total. The predicted octanol–water partition coefficient (Wildman–Crippen LogP) is 0.861. The summed E-state index contributed by atoms with van der Waals surface area (Å²) in [5.74, 6) is 0.676. The van der Waals surface area contributed by atoms with Gasteiger partial charge in [-0.05, 0) is 19.1 Å². The van der Waals surface area contributed by atoms with Crippen LogP contribution in [0.15, 0.2) is 24.3 Å². The van der Waals surface area contributed by atoms with E-state index in [-0.39, 0.29) is 17.4 Å². The second-order valence-corrected chi connectivity index (χ2v) is 2.46. The van der Waals surface area contributed by atoms with Crippen molar-refractivity contribution in [3.05, 3.63) is 29.8 Å². The van der Waals surface area contributed by atoms with Gasteiger partial charge in [-0.1, -0.05) is 17.7 Å². The highest BCUT2D eigenvalue weighted by Crippen LogP contribution is 2.14. The Kier molecular flexibility index (Phi) is 5.33. The highest BCUT2D eigenvalue weighted by molar-refractivity contribution is 7.17. The molecule has 1 unspecified atom stereocenters. The summed E-state index contributed by atoms with van der Waals surface area (Å²) in [6, 6.07) is 7.45. The maximum atomic E-state index is 10.0. The zero-order valence-corrected chi connectivity index (χ0v) is 6.86. The molecule has 0 amide bonds. The van der Waals surface area contributed by atoms with E-state index < -0.39 is 8.69 Å². The first-order valence-corrected chi connectivity index (χ1v) is 3.94. The summed E-state index contributed by atoms with van der Waals surface area (Å²) in [6.07, 6.45) is 0. The summed E-state index contributed by atoms with van der Waals surface area (Å²) >= 11 is 0. The van der Waals surface area contributed by atoms with Crippen LogP contribution in [0.5, 0.6) is 5.75 Å². The van der Waals surface area contributed by atoms with E-state index in [1.54, 1.807) is 12.1 Å². The smallest absolute Gasteiger partial charge is 0.225 e. The quantitative estimate of drug-likeness (QED) is 0.505.